The van der Waals surface area contributed by atoms with Gasteiger partial charge < -0.3 is 19.3 Å². The van der Waals surface area contributed by atoms with Crippen molar-refractivity contribution in [1.82, 2.24) is 4.90 Å². The van der Waals surface area contributed by atoms with Crippen molar-refractivity contribution in [2.45, 2.75) is 12.5 Å². The Kier molecular flexibility index (Phi) is 4.63. The van der Waals surface area contributed by atoms with E-state index in [0.717, 1.165) is 5.56 Å². The van der Waals surface area contributed by atoms with E-state index >= 15 is 0 Å². The van der Waals surface area contributed by atoms with E-state index in [2.05, 4.69) is 0 Å². The average Bonchev–Trinajstić information content (AvgIpc) is 3.09. The van der Waals surface area contributed by atoms with Crippen LogP contribution in [-0.2, 0) is 11.3 Å². The van der Waals surface area contributed by atoms with E-state index in [4.69, 9.17) is 14.2 Å². The summed E-state index contributed by atoms with van der Waals surface area (Å²) in [6.45, 7) is 1.21. The molecule has 2 aliphatic rings. The van der Waals surface area contributed by atoms with Gasteiger partial charge in [-0.25, -0.2) is 4.39 Å². The van der Waals surface area contributed by atoms with Gasteiger partial charge in [0.1, 0.15) is 35.1 Å². The Balaban J connectivity index is 1.63. The molecule has 148 valence electrons. The van der Waals surface area contributed by atoms with Crippen LogP contribution < -0.4 is 14.2 Å². The predicted octanol–water partition coefficient (Wildman–Crippen LogP) is 2.91. The summed E-state index contributed by atoms with van der Waals surface area (Å²) in [4.78, 5) is 14.2. The maximum Gasteiger partial charge on any atom is 0.315 e. The summed E-state index contributed by atoms with van der Waals surface area (Å²) in [6, 6.07) is 10.2. The van der Waals surface area contributed by atoms with E-state index < -0.39 is 11.4 Å². The fourth-order valence-electron chi connectivity index (χ4n) is 4.23. The molecule has 0 aromatic heterocycles. The van der Waals surface area contributed by atoms with Crippen molar-refractivity contribution < 1.29 is 28.5 Å². The lowest BCUT2D eigenvalue weighted by molar-refractivity contribution is -0.151. The number of rotatable bonds is 5. The van der Waals surface area contributed by atoms with Gasteiger partial charge >= 0.3 is 5.97 Å². The van der Waals surface area contributed by atoms with Gasteiger partial charge in [0.05, 0.1) is 14.2 Å². The van der Waals surface area contributed by atoms with E-state index in [1.54, 1.807) is 25.3 Å². The number of aliphatic carboxylic acids is 1. The van der Waals surface area contributed by atoms with Gasteiger partial charge in [-0.3, -0.25) is 9.69 Å². The summed E-state index contributed by atoms with van der Waals surface area (Å²) in [5.41, 5.74) is 0.313. The lowest BCUT2D eigenvalue weighted by atomic mass is 9.73. The molecule has 2 atom stereocenters. The van der Waals surface area contributed by atoms with E-state index in [1.165, 1.54) is 13.2 Å². The number of fused-ring (bicyclic) bond motifs is 3. The minimum absolute atomic E-state index is 0.0781. The van der Waals surface area contributed by atoms with Crippen LogP contribution in [0.5, 0.6) is 17.2 Å². The first-order valence-electron chi connectivity index (χ1n) is 9.06. The van der Waals surface area contributed by atoms with Crippen molar-refractivity contribution in [3.8, 4) is 17.2 Å². The van der Waals surface area contributed by atoms with Gasteiger partial charge in [-0.1, -0.05) is 12.1 Å². The zero-order chi connectivity index (χ0) is 19.9. The standard InChI is InChI=1S/C21H22FNO5/c1-26-14-4-3-13(18(22)7-14)9-23-10-17-16-6-5-15(27-2)8-19(16)28-12-21(17,11-23)20(24)25/h3-8,17H,9-12H2,1-2H3,(H,24,25)/t17-,21-/m1/s1. The quantitative estimate of drug-likeness (QED) is 0.851. The molecular formula is C21H22FNO5. The fraction of sp³-hybridized carbons (Fsp3) is 0.381. The third kappa shape index (κ3) is 2.96. The van der Waals surface area contributed by atoms with Crippen LogP contribution in [0, 0.1) is 11.2 Å². The van der Waals surface area contributed by atoms with Crippen LogP contribution in [0.1, 0.15) is 17.0 Å². The van der Waals surface area contributed by atoms with Gasteiger partial charge in [-0.2, -0.15) is 0 Å². The monoisotopic (exact) mass is 387 g/mol. The minimum atomic E-state index is -1.05. The first-order chi connectivity index (χ1) is 13.5. The Bertz CT molecular complexity index is 918. The number of hydrogen-bond donors (Lipinski definition) is 1. The second kappa shape index (κ2) is 6.98. The van der Waals surface area contributed by atoms with E-state index in [-0.39, 0.29) is 18.3 Å². The van der Waals surface area contributed by atoms with E-state index in [1.807, 2.05) is 17.0 Å². The Morgan fingerprint density at radius 3 is 2.64 bits per heavy atom. The number of nitrogens with zero attached hydrogens (tertiary/aromatic N) is 1. The SMILES string of the molecule is COc1ccc(CN2C[C@@H]3c4ccc(OC)cc4OC[C@]3(C(=O)O)C2)c(F)c1. The number of methoxy groups -OCH3 is 2. The highest BCUT2D eigenvalue weighted by Gasteiger charge is 2.56. The van der Waals surface area contributed by atoms with Crippen molar-refractivity contribution >= 4 is 5.97 Å². The van der Waals surface area contributed by atoms with Crippen molar-refractivity contribution in [2.24, 2.45) is 5.41 Å². The summed E-state index contributed by atoms with van der Waals surface area (Å²) in [6.07, 6.45) is 0. The average molecular weight is 387 g/mol. The molecule has 1 N–H and O–H groups in total. The molecule has 28 heavy (non-hydrogen) atoms. The van der Waals surface area contributed by atoms with Gasteiger partial charge in [-0.15, -0.1) is 0 Å². The van der Waals surface area contributed by atoms with Crippen LogP contribution in [0.3, 0.4) is 0 Å². The van der Waals surface area contributed by atoms with E-state index in [0.29, 0.717) is 42.4 Å². The van der Waals surface area contributed by atoms with Crippen molar-refractivity contribution in [2.75, 3.05) is 33.9 Å². The smallest absolute Gasteiger partial charge is 0.315 e. The Morgan fingerprint density at radius 2 is 1.96 bits per heavy atom. The molecule has 0 radical (unpaired) electrons. The first kappa shape index (κ1) is 18.6. The highest BCUT2D eigenvalue weighted by atomic mass is 19.1. The third-order valence-electron chi connectivity index (χ3n) is 5.78. The lowest BCUT2D eigenvalue weighted by Crippen LogP contribution is -2.45. The molecule has 6 nitrogen and oxygen atoms in total. The highest BCUT2D eigenvalue weighted by molar-refractivity contribution is 5.78. The number of ether oxygens (including phenoxy) is 3. The molecular weight excluding hydrogens is 365 g/mol. The highest BCUT2D eigenvalue weighted by Crippen LogP contribution is 2.50. The topological polar surface area (TPSA) is 68.2 Å². The minimum Gasteiger partial charge on any atom is -0.497 e. The number of halogens is 1. The zero-order valence-electron chi connectivity index (χ0n) is 15.8. The predicted molar refractivity (Wildman–Crippen MR) is 99.5 cm³/mol. The number of hydrogen-bond acceptors (Lipinski definition) is 5. The van der Waals surface area contributed by atoms with Crippen LogP contribution in [0.15, 0.2) is 36.4 Å². The normalized spacial score (nSPS) is 23.5. The van der Waals surface area contributed by atoms with E-state index in [9.17, 15) is 14.3 Å². The maximum atomic E-state index is 14.4. The molecule has 0 spiro atoms. The molecule has 2 aromatic rings. The molecule has 4 rings (SSSR count). The van der Waals surface area contributed by atoms with Crippen molar-refractivity contribution in [3.05, 3.63) is 53.3 Å². The molecule has 2 heterocycles. The van der Waals surface area contributed by atoms with Gasteiger partial charge in [0, 0.05) is 48.8 Å². The molecule has 2 aliphatic heterocycles. The van der Waals surface area contributed by atoms with Crippen molar-refractivity contribution in [1.29, 1.82) is 0 Å². The van der Waals surface area contributed by atoms with Crippen LogP contribution in [0.4, 0.5) is 4.39 Å². The molecule has 0 amide bonds. The number of carboxylic acid groups (broad SMARTS) is 1. The van der Waals surface area contributed by atoms with Crippen LogP contribution >= 0.6 is 0 Å². The molecule has 0 saturated carbocycles. The van der Waals surface area contributed by atoms with Crippen molar-refractivity contribution in [3.63, 3.8) is 0 Å². The summed E-state index contributed by atoms with van der Waals surface area (Å²) in [7, 11) is 3.06. The maximum absolute atomic E-state index is 14.4. The molecule has 2 aromatic carbocycles. The van der Waals surface area contributed by atoms with Gasteiger partial charge in [-0.05, 0) is 12.1 Å². The molecule has 1 fully saturated rings. The second-order valence-corrected chi connectivity index (χ2v) is 7.33. The molecule has 0 bridgehead atoms. The number of likely N-dealkylation sites (tertiary alicyclic amines) is 1. The molecule has 0 aliphatic carbocycles. The van der Waals surface area contributed by atoms with Gasteiger partial charge in [0.2, 0.25) is 0 Å². The van der Waals surface area contributed by atoms with Crippen LogP contribution in [0.25, 0.3) is 0 Å². The zero-order valence-corrected chi connectivity index (χ0v) is 15.8. The Morgan fingerprint density at radius 1 is 1.25 bits per heavy atom. The number of benzene rings is 2. The fourth-order valence-corrected chi connectivity index (χ4v) is 4.23. The second-order valence-electron chi connectivity index (χ2n) is 7.33. The molecule has 7 heteroatoms. The van der Waals surface area contributed by atoms with Gasteiger partial charge in [0.15, 0.2) is 0 Å². The third-order valence-corrected chi connectivity index (χ3v) is 5.78. The Hall–Kier alpha value is -2.80. The first-order valence-corrected chi connectivity index (χ1v) is 9.06. The Labute approximate surface area is 162 Å². The summed E-state index contributed by atoms with van der Waals surface area (Å²) in [5.74, 6) is 0.280. The lowest BCUT2D eigenvalue weighted by Gasteiger charge is -2.36. The largest absolute Gasteiger partial charge is 0.497 e. The van der Waals surface area contributed by atoms with Gasteiger partial charge in [0.25, 0.3) is 0 Å². The summed E-state index contributed by atoms with van der Waals surface area (Å²) in [5, 5.41) is 10.0. The summed E-state index contributed by atoms with van der Waals surface area (Å²) < 4.78 is 30.5. The summed E-state index contributed by atoms with van der Waals surface area (Å²) >= 11 is 0. The number of carbonyl (C=O) groups is 1. The molecule has 1 saturated heterocycles. The molecule has 0 unspecified atom stereocenters. The van der Waals surface area contributed by atoms with Crippen LogP contribution in [-0.4, -0.2) is 49.9 Å². The van der Waals surface area contributed by atoms with Crippen LogP contribution in [0.2, 0.25) is 0 Å². The number of carboxylic acids is 1.